The molecule has 22 heavy (non-hydrogen) atoms. The van der Waals surface area contributed by atoms with Gasteiger partial charge in [-0.25, -0.2) is 4.98 Å². The highest BCUT2D eigenvalue weighted by molar-refractivity contribution is 7.09. The molecule has 2 aromatic rings. The molecule has 0 spiro atoms. The Kier molecular flexibility index (Phi) is 5.12. The lowest BCUT2D eigenvalue weighted by Crippen LogP contribution is -2.38. The molecular formula is C14H14F3N3OS. The molecular weight excluding hydrogens is 315 g/mol. The lowest BCUT2D eigenvalue weighted by molar-refractivity contribution is -0.156. The molecule has 1 atom stereocenters. The quantitative estimate of drug-likeness (QED) is 0.913. The van der Waals surface area contributed by atoms with Gasteiger partial charge in [0, 0.05) is 11.6 Å². The van der Waals surface area contributed by atoms with Gasteiger partial charge in [-0.05, 0) is 25.0 Å². The van der Waals surface area contributed by atoms with Crippen LogP contribution in [0.15, 0.2) is 29.8 Å². The van der Waals surface area contributed by atoms with Crippen molar-refractivity contribution in [2.75, 3.05) is 0 Å². The first-order valence-electron chi connectivity index (χ1n) is 6.64. The van der Waals surface area contributed by atoms with Gasteiger partial charge in [-0.2, -0.15) is 13.2 Å². The Morgan fingerprint density at radius 2 is 2.18 bits per heavy atom. The third kappa shape index (κ3) is 4.03. The van der Waals surface area contributed by atoms with Crippen LogP contribution in [-0.4, -0.2) is 22.1 Å². The second-order valence-electron chi connectivity index (χ2n) is 4.58. The van der Waals surface area contributed by atoms with Crippen molar-refractivity contribution in [1.29, 1.82) is 0 Å². The molecule has 0 saturated carbocycles. The van der Waals surface area contributed by atoms with Crippen LogP contribution in [0.4, 0.5) is 13.2 Å². The second-order valence-corrected chi connectivity index (χ2v) is 5.52. The Bertz CT molecular complexity index is 628. The number of carbonyl (C=O) groups is 1. The Morgan fingerprint density at radius 3 is 2.77 bits per heavy atom. The largest absolute Gasteiger partial charge is 0.414 e. The van der Waals surface area contributed by atoms with Crippen molar-refractivity contribution in [2.45, 2.75) is 32.0 Å². The minimum atomic E-state index is -4.63. The molecule has 0 aliphatic rings. The number of nitrogens with zero attached hydrogens (tertiary/aromatic N) is 2. The van der Waals surface area contributed by atoms with Crippen LogP contribution in [0.3, 0.4) is 0 Å². The van der Waals surface area contributed by atoms with Gasteiger partial charge in [0.05, 0.1) is 10.7 Å². The molecule has 0 aliphatic carbocycles. The van der Waals surface area contributed by atoms with Crippen molar-refractivity contribution >= 4 is 17.2 Å². The maximum atomic E-state index is 13.1. The summed E-state index contributed by atoms with van der Waals surface area (Å²) >= 11 is 1.26. The molecule has 0 saturated heterocycles. The average molecular weight is 329 g/mol. The molecule has 2 aromatic heterocycles. The number of carbonyl (C=O) groups excluding carboxylic acids is 1. The van der Waals surface area contributed by atoms with E-state index in [9.17, 15) is 18.0 Å². The second kappa shape index (κ2) is 6.87. The van der Waals surface area contributed by atoms with Gasteiger partial charge in [0.2, 0.25) is 0 Å². The number of nitrogens with one attached hydrogen (secondary N) is 1. The smallest absolute Gasteiger partial charge is 0.334 e. The monoisotopic (exact) mass is 329 g/mol. The summed E-state index contributed by atoms with van der Waals surface area (Å²) in [5.41, 5.74) is -0.258. The summed E-state index contributed by atoms with van der Waals surface area (Å²) in [6.45, 7) is 1.96. The predicted molar refractivity (Wildman–Crippen MR) is 76.6 cm³/mol. The molecule has 0 fully saturated rings. The van der Waals surface area contributed by atoms with Crippen molar-refractivity contribution in [3.8, 4) is 0 Å². The first-order chi connectivity index (χ1) is 10.4. The number of aromatic nitrogens is 2. The molecule has 1 N–H and O–H groups in total. The number of amides is 1. The fourth-order valence-electron chi connectivity index (χ4n) is 1.82. The standard InChI is InChI=1S/C14H14F3N3OS/c1-2-5-11-19-10(8-22-11)13(21)20-12(14(15,16)17)9-6-3-4-7-18-9/h3-4,6-8,12H,2,5H2,1H3,(H,20,21)/t12-/m0/s1. The van der Waals surface area contributed by atoms with Gasteiger partial charge in [-0.15, -0.1) is 11.3 Å². The molecule has 1 amide bonds. The number of hydrogen-bond donors (Lipinski definition) is 1. The number of alkyl halides is 3. The molecule has 4 nitrogen and oxygen atoms in total. The van der Waals surface area contributed by atoms with E-state index in [1.807, 2.05) is 12.2 Å². The van der Waals surface area contributed by atoms with E-state index in [4.69, 9.17) is 0 Å². The topological polar surface area (TPSA) is 54.9 Å². The highest BCUT2D eigenvalue weighted by Crippen LogP contribution is 2.31. The van der Waals surface area contributed by atoms with Gasteiger partial charge in [0.1, 0.15) is 5.69 Å². The first kappa shape index (κ1) is 16.4. The van der Waals surface area contributed by atoms with Crippen molar-refractivity contribution in [3.63, 3.8) is 0 Å². The summed E-state index contributed by atoms with van der Waals surface area (Å²) in [6.07, 6.45) is -1.83. The minimum Gasteiger partial charge on any atom is -0.334 e. The summed E-state index contributed by atoms with van der Waals surface area (Å²) in [7, 11) is 0. The lowest BCUT2D eigenvalue weighted by Gasteiger charge is -2.20. The summed E-state index contributed by atoms with van der Waals surface area (Å²) in [4.78, 5) is 19.7. The van der Waals surface area contributed by atoms with Crippen LogP contribution < -0.4 is 5.32 Å². The number of aryl methyl sites for hydroxylation is 1. The molecule has 0 radical (unpaired) electrons. The van der Waals surface area contributed by atoms with E-state index in [0.29, 0.717) is 6.42 Å². The molecule has 0 bridgehead atoms. The van der Waals surface area contributed by atoms with E-state index < -0.39 is 18.1 Å². The Morgan fingerprint density at radius 1 is 1.41 bits per heavy atom. The Balaban J connectivity index is 2.18. The number of thiazole rings is 1. The molecule has 8 heteroatoms. The van der Waals surface area contributed by atoms with E-state index in [1.54, 1.807) is 0 Å². The van der Waals surface area contributed by atoms with Gasteiger partial charge in [0.25, 0.3) is 5.91 Å². The van der Waals surface area contributed by atoms with Crippen molar-refractivity contribution in [2.24, 2.45) is 0 Å². The van der Waals surface area contributed by atoms with Crippen LogP contribution in [0.25, 0.3) is 0 Å². The summed E-state index contributed by atoms with van der Waals surface area (Å²) in [5.74, 6) is -0.855. The lowest BCUT2D eigenvalue weighted by atomic mass is 10.1. The minimum absolute atomic E-state index is 0.00127. The van der Waals surface area contributed by atoms with E-state index in [2.05, 4.69) is 9.97 Å². The molecule has 0 unspecified atom stereocenters. The van der Waals surface area contributed by atoms with Crippen LogP contribution in [0.2, 0.25) is 0 Å². The van der Waals surface area contributed by atoms with Crippen molar-refractivity contribution in [3.05, 3.63) is 46.2 Å². The number of rotatable bonds is 5. The highest BCUT2D eigenvalue weighted by Gasteiger charge is 2.43. The Hall–Kier alpha value is -1.96. The van der Waals surface area contributed by atoms with E-state index in [-0.39, 0.29) is 11.4 Å². The average Bonchev–Trinajstić information content (AvgIpc) is 2.93. The van der Waals surface area contributed by atoms with Gasteiger partial charge in [-0.3, -0.25) is 9.78 Å². The first-order valence-corrected chi connectivity index (χ1v) is 7.52. The third-order valence-corrected chi connectivity index (χ3v) is 3.74. The van der Waals surface area contributed by atoms with Gasteiger partial charge >= 0.3 is 6.18 Å². The fourth-order valence-corrected chi connectivity index (χ4v) is 2.70. The zero-order valence-electron chi connectivity index (χ0n) is 11.7. The van der Waals surface area contributed by atoms with E-state index in [0.717, 1.165) is 11.4 Å². The number of hydrogen-bond acceptors (Lipinski definition) is 4. The van der Waals surface area contributed by atoms with Crippen LogP contribution in [0.1, 0.15) is 40.6 Å². The highest BCUT2D eigenvalue weighted by atomic mass is 32.1. The number of halogens is 3. The van der Waals surface area contributed by atoms with Gasteiger partial charge in [0.15, 0.2) is 6.04 Å². The van der Waals surface area contributed by atoms with Crippen molar-refractivity contribution in [1.82, 2.24) is 15.3 Å². The number of pyridine rings is 1. The van der Waals surface area contributed by atoms with Crippen LogP contribution in [0.5, 0.6) is 0 Å². The van der Waals surface area contributed by atoms with Crippen LogP contribution >= 0.6 is 11.3 Å². The predicted octanol–water partition coefficient (Wildman–Crippen LogP) is 3.52. The summed E-state index contributed by atoms with van der Waals surface area (Å²) < 4.78 is 39.4. The van der Waals surface area contributed by atoms with E-state index in [1.165, 1.54) is 41.1 Å². The Labute approximate surface area is 129 Å². The third-order valence-electron chi connectivity index (χ3n) is 2.83. The van der Waals surface area contributed by atoms with Crippen LogP contribution in [-0.2, 0) is 6.42 Å². The van der Waals surface area contributed by atoms with Gasteiger partial charge in [-0.1, -0.05) is 13.0 Å². The molecule has 2 heterocycles. The zero-order valence-corrected chi connectivity index (χ0v) is 12.5. The summed E-state index contributed by atoms with van der Waals surface area (Å²) in [6, 6.07) is 2.02. The normalized spacial score (nSPS) is 12.9. The van der Waals surface area contributed by atoms with E-state index >= 15 is 0 Å². The van der Waals surface area contributed by atoms with Crippen molar-refractivity contribution < 1.29 is 18.0 Å². The maximum absolute atomic E-state index is 13.1. The fraction of sp³-hybridized carbons (Fsp3) is 0.357. The summed E-state index contributed by atoms with van der Waals surface area (Å²) in [5, 5.41) is 4.16. The molecule has 0 aromatic carbocycles. The van der Waals surface area contributed by atoms with Crippen LogP contribution in [0, 0.1) is 0 Å². The molecule has 2 rings (SSSR count). The SMILES string of the molecule is CCCc1nc(C(=O)N[C@@H](c2ccccn2)C(F)(F)F)cs1. The zero-order chi connectivity index (χ0) is 16.2. The molecule has 118 valence electrons. The van der Waals surface area contributed by atoms with Gasteiger partial charge < -0.3 is 5.32 Å². The maximum Gasteiger partial charge on any atom is 0.414 e. The molecule has 0 aliphatic heterocycles.